The zero-order chi connectivity index (χ0) is 19.3. The molecule has 0 saturated carbocycles. The van der Waals surface area contributed by atoms with Gasteiger partial charge in [0.05, 0.1) is 28.0 Å². The van der Waals surface area contributed by atoms with Crippen molar-refractivity contribution in [1.82, 2.24) is 14.9 Å². The maximum Gasteiger partial charge on any atom is 0.244 e. The first-order valence-corrected chi connectivity index (χ1v) is 9.43. The molecule has 0 saturated heterocycles. The molecule has 1 heterocycles. The Morgan fingerprint density at radius 2 is 1.73 bits per heavy atom. The van der Waals surface area contributed by atoms with Crippen molar-refractivity contribution in [3.05, 3.63) is 45.7 Å². The van der Waals surface area contributed by atoms with E-state index < -0.39 is 0 Å². The minimum atomic E-state index is -0.386. The van der Waals surface area contributed by atoms with Crippen LogP contribution in [-0.2, 0) is 9.59 Å². The molecular weight excluding hydrogens is 395 g/mol. The van der Waals surface area contributed by atoms with Crippen molar-refractivity contribution < 1.29 is 9.59 Å². The monoisotopic (exact) mass is 412 g/mol. The molecule has 0 spiro atoms. The van der Waals surface area contributed by atoms with Crippen molar-refractivity contribution >= 4 is 52.5 Å². The summed E-state index contributed by atoms with van der Waals surface area (Å²) >= 11 is 13.3. The number of carbonyl (C=O) groups excluding carboxylic acids is 2. The van der Waals surface area contributed by atoms with Gasteiger partial charge in [0.25, 0.3) is 0 Å². The Hall–Kier alpha value is -1.83. The molecule has 2 aromatic rings. The van der Waals surface area contributed by atoms with Crippen molar-refractivity contribution in [1.29, 1.82) is 0 Å². The number of nitrogens with zero attached hydrogens (tertiary/aromatic N) is 3. The van der Waals surface area contributed by atoms with Gasteiger partial charge in [-0.1, -0.05) is 41.0 Å². The summed E-state index contributed by atoms with van der Waals surface area (Å²) in [6.07, 6.45) is 0. The predicted molar refractivity (Wildman–Crippen MR) is 105 cm³/mol. The zero-order valence-corrected chi connectivity index (χ0v) is 16.9. The lowest BCUT2D eigenvalue weighted by Gasteiger charge is -2.17. The van der Waals surface area contributed by atoms with Gasteiger partial charge in [-0.15, -0.1) is 0 Å². The number of hydrogen-bond acceptors (Lipinski definition) is 5. The van der Waals surface area contributed by atoms with Crippen LogP contribution in [-0.4, -0.2) is 46.0 Å². The van der Waals surface area contributed by atoms with Gasteiger partial charge in [-0.05, 0) is 32.0 Å². The quantitative estimate of drug-likeness (QED) is 0.579. The fourth-order valence-electron chi connectivity index (χ4n) is 2.09. The summed E-state index contributed by atoms with van der Waals surface area (Å²) in [7, 11) is 1.55. The number of rotatable bonds is 6. The van der Waals surface area contributed by atoms with E-state index in [1.165, 1.54) is 16.7 Å². The van der Waals surface area contributed by atoms with Crippen LogP contribution < -0.4 is 5.32 Å². The normalized spacial score (nSPS) is 10.5. The highest BCUT2D eigenvalue weighted by Crippen LogP contribution is 2.29. The van der Waals surface area contributed by atoms with Crippen LogP contribution in [0.4, 0.5) is 5.69 Å². The van der Waals surface area contributed by atoms with Crippen LogP contribution in [0.15, 0.2) is 29.4 Å². The topological polar surface area (TPSA) is 75.2 Å². The molecule has 6 nitrogen and oxygen atoms in total. The number of likely N-dealkylation sites (N-methyl/N-ethyl adjacent to an activating group) is 1. The molecule has 0 aliphatic carbocycles. The average molecular weight is 413 g/mol. The van der Waals surface area contributed by atoms with Gasteiger partial charge in [-0.3, -0.25) is 9.59 Å². The Balaban J connectivity index is 1.89. The Kier molecular flexibility index (Phi) is 7.25. The van der Waals surface area contributed by atoms with E-state index in [0.29, 0.717) is 20.9 Å². The fourth-order valence-corrected chi connectivity index (χ4v) is 3.48. The number of benzene rings is 1. The second-order valence-corrected chi connectivity index (χ2v) is 7.37. The minimum Gasteiger partial charge on any atom is -0.336 e. The molecule has 2 amide bonds. The largest absolute Gasteiger partial charge is 0.336 e. The van der Waals surface area contributed by atoms with Crippen LogP contribution in [0.2, 0.25) is 10.0 Å². The van der Waals surface area contributed by atoms with Gasteiger partial charge < -0.3 is 10.2 Å². The first kappa shape index (κ1) is 20.5. The number of halogens is 2. The van der Waals surface area contributed by atoms with Crippen LogP contribution >= 0.6 is 35.0 Å². The molecule has 2 rings (SSSR count). The van der Waals surface area contributed by atoms with Gasteiger partial charge in [0.1, 0.15) is 0 Å². The van der Waals surface area contributed by atoms with Gasteiger partial charge in [0, 0.05) is 18.4 Å². The number of anilines is 1. The predicted octanol–water partition coefficient (Wildman–Crippen LogP) is 3.59. The lowest BCUT2D eigenvalue weighted by Crippen LogP contribution is -2.36. The number of nitrogens with one attached hydrogen (secondary N) is 1. The number of amides is 2. The number of para-hydroxylation sites is 1. The summed E-state index contributed by atoms with van der Waals surface area (Å²) in [4.78, 5) is 34.2. The van der Waals surface area contributed by atoms with Crippen molar-refractivity contribution in [2.45, 2.75) is 19.0 Å². The van der Waals surface area contributed by atoms with Gasteiger partial charge in [0.2, 0.25) is 11.8 Å². The van der Waals surface area contributed by atoms with Crippen LogP contribution in [0.3, 0.4) is 0 Å². The van der Waals surface area contributed by atoms with E-state index in [2.05, 4.69) is 15.3 Å². The maximum atomic E-state index is 12.2. The summed E-state index contributed by atoms with van der Waals surface area (Å²) in [6, 6.07) is 6.79. The van der Waals surface area contributed by atoms with E-state index >= 15 is 0 Å². The minimum absolute atomic E-state index is 0.116. The number of aryl methyl sites for hydroxylation is 2. The summed E-state index contributed by atoms with van der Waals surface area (Å²) in [5.74, 6) is -0.457. The molecule has 138 valence electrons. The number of thioether (sulfide) groups is 1. The van der Waals surface area contributed by atoms with Crippen molar-refractivity contribution in [2.75, 3.05) is 24.7 Å². The molecule has 0 aliphatic heterocycles. The van der Waals surface area contributed by atoms with Crippen LogP contribution in [0.25, 0.3) is 0 Å². The Morgan fingerprint density at radius 1 is 1.15 bits per heavy atom. The van der Waals surface area contributed by atoms with Crippen LogP contribution in [0, 0.1) is 13.8 Å². The van der Waals surface area contributed by atoms with E-state index in [4.69, 9.17) is 23.2 Å². The van der Waals surface area contributed by atoms with E-state index in [9.17, 15) is 9.59 Å². The molecule has 1 aromatic carbocycles. The van der Waals surface area contributed by atoms with Crippen LogP contribution in [0.5, 0.6) is 0 Å². The molecule has 9 heteroatoms. The molecule has 0 unspecified atom stereocenters. The first-order chi connectivity index (χ1) is 12.3. The Morgan fingerprint density at radius 3 is 2.31 bits per heavy atom. The summed E-state index contributed by atoms with van der Waals surface area (Å²) < 4.78 is 0. The van der Waals surface area contributed by atoms with Gasteiger partial charge in [-0.25, -0.2) is 9.97 Å². The Labute approximate surface area is 166 Å². The highest BCUT2D eigenvalue weighted by molar-refractivity contribution is 7.99. The molecule has 1 aromatic heterocycles. The average Bonchev–Trinajstić information content (AvgIpc) is 2.55. The second-order valence-electron chi connectivity index (χ2n) is 5.62. The molecule has 1 N–H and O–H groups in total. The highest BCUT2D eigenvalue weighted by atomic mass is 35.5. The van der Waals surface area contributed by atoms with Crippen LogP contribution in [0.1, 0.15) is 11.4 Å². The summed E-state index contributed by atoms with van der Waals surface area (Å²) in [5.41, 5.74) is 2.02. The van der Waals surface area contributed by atoms with E-state index in [1.807, 2.05) is 19.9 Å². The summed E-state index contributed by atoms with van der Waals surface area (Å²) in [6.45, 7) is 3.63. The SMILES string of the molecule is Cc1cc(C)nc(SCC(=O)N(C)CC(=O)Nc2c(Cl)cccc2Cl)n1. The highest BCUT2D eigenvalue weighted by Gasteiger charge is 2.16. The Bertz CT molecular complexity index is 792. The summed E-state index contributed by atoms with van der Waals surface area (Å²) in [5, 5.41) is 3.83. The van der Waals surface area contributed by atoms with Gasteiger partial charge in [0.15, 0.2) is 5.16 Å². The lowest BCUT2D eigenvalue weighted by molar-refractivity contribution is -0.131. The smallest absolute Gasteiger partial charge is 0.244 e. The van der Waals surface area contributed by atoms with Gasteiger partial charge in [-0.2, -0.15) is 0 Å². The molecule has 0 fully saturated rings. The van der Waals surface area contributed by atoms with Crippen molar-refractivity contribution in [3.63, 3.8) is 0 Å². The maximum absolute atomic E-state index is 12.2. The second kappa shape index (κ2) is 9.21. The van der Waals surface area contributed by atoms with E-state index in [1.54, 1.807) is 25.2 Å². The molecule has 0 aliphatic rings. The third-order valence-electron chi connectivity index (χ3n) is 3.32. The van der Waals surface area contributed by atoms with E-state index in [0.717, 1.165) is 11.4 Å². The van der Waals surface area contributed by atoms with Crippen molar-refractivity contribution in [2.24, 2.45) is 0 Å². The molecule has 0 radical (unpaired) electrons. The lowest BCUT2D eigenvalue weighted by atomic mass is 10.3. The number of aromatic nitrogens is 2. The fraction of sp³-hybridized carbons (Fsp3) is 0.294. The molecule has 0 atom stereocenters. The number of hydrogen-bond donors (Lipinski definition) is 1. The third-order valence-corrected chi connectivity index (χ3v) is 4.78. The standard InChI is InChI=1S/C17H18Cl2N4O2S/c1-10-7-11(2)21-17(20-10)26-9-15(25)23(3)8-14(24)22-16-12(18)5-4-6-13(16)19/h4-7H,8-9H2,1-3H3,(H,22,24). The molecule has 26 heavy (non-hydrogen) atoms. The molecule has 0 bridgehead atoms. The zero-order valence-electron chi connectivity index (χ0n) is 14.5. The number of carbonyl (C=O) groups is 2. The third kappa shape index (κ3) is 5.86. The van der Waals surface area contributed by atoms with E-state index in [-0.39, 0.29) is 24.1 Å². The molecular formula is C17H18Cl2N4O2S. The van der Waals surface area contributed by atoms with Gasteiger partial charge >= 0.3 is 0 Å². The van der Waals surface area contributed by atoms with Crippen molar-refractivity contribution in [3.8, 4) is 0 Å². The first-order valence-electron chi connectivity index (χ1n) is 7.69.